The van der Waals surface area contributed by atoms with E-state index in [-0.39, 0.29) is 23.5 Å². The summed E-state index contributed by atoms with van der Waals surface area (Å²) in [5, 5.41) is 10.0. The van der Waals surface area contributed by atoms with E-state index in [0.717, 1.165) is 0 Å². The van der Waals surface area contributed by atoms with Gasteiger partial charge in [0, 0.05) is 0 Å². The first kappa shape index (κ1) is 27.0. The molecule has 0 bridgehead atoms. The fraction of sp³-hybridized carbons (Fsp3) is 0.321. The Morgan fingerprint density at radius 3 is 2.47 bits per heavy atom. The molecule has 4 rings (SSSR count). The van der Waals surface area contributed by atoms with Crippen LogP contribution in [0.4, 0.5) is 0 Å². The highest BCUT2D eigenvalue weighted by molar-refractivity contribution is 7.07. The number of carbonyl (C=O) groups is 1. The van der Waals surface area contributed by atoms with Crippen LogP contribution in [0.1, 0.15) is 44.9 Å². The van der Waals surface area contributed by atoms with E-state index >= 15 is 0 Å². The van der Waals surface area contributed by atoms with E-state index in [4.69, 9.17) is 18.9 Å². The number of carbonyl (C=O) groups excluding carboxylic acids is 1. The number of nitrogens with zero attached hydrogens (tertiary/aromatic N) is 2. The van der Waals surface area contributed by atoms with Crippen molar-refractivity contribution in [3.05, 3.63) is 78.5 Å². The van der Waals surface area contributed by atoms with Crippen molar-refractivity contribution in [1.82, 2.24) is 4.57 Å². The zero-order valence-electron chi connectivity index (χ0n) is 21.9. The van der Waals surface area contributed by atoms with Crippen LogP contribution in [0.15, 0.2) is 57.5 Å². The van der Waals surface area contributed by atoms with E-state index in [1.165, 1.54) is 22.0 Å². The highest BCUT2D eigenvalue weighted by Gasteiger charge is 2.34. The zero-order chi connectivity index (χ0) is 27.4. The summed E-state index contributed by atoms with van der Waals surface area (Å²) in [6.45, 7) is 8.14. The van der Waals surface area contributed by atoms with Gasteiger partial charge in [0.2, 0.25) is 0 Å². The Kier molecular flexibility index (Phi) is 8.21. The molecule has 1 aliphatic heterocycles. The Hall–Kier alpha value is -4.05. The lowest BCUT2D eigenvalue weighted by atomic mass is 9.95. The summed E-state index contributed by atoms with van der Waals surface area (Å²) in [5.74, 6) is 0.847. The van der Waals surface area contributed by atoms with Crippen LogP contribution in [0, 0.1) is 0 Å². The van der Waals surface area contributed by atoms with Crippen molar-refractivity contribution in [3.63, 3.8) is 0 Å². The fourth-order valence-electron chi connectivity index (χ4n) is 4.28. The number of hydrogen-bond acceptors (Lipinski definition) is 9. The summed E-state index contributed by atoms with van der Waals surface area (Å²) in [5.41, 5.74) is 1.77. The number of thiazole rings is 1. The number of benzene rings is 2. The first-order valence-corrected chi connectivity index (χ1v) is 13.1. The molecule has 0 fully saturated rings. The Bertz CT molecular complexity index is 1570. The van der Waals surface area contributed by atoms with E-state index < -0.39 is 12.0 Å². The molecule has 1 N–H and O–H groups in total. The Balaban J connectivity index is 1.94. The Labute approximate surface area is 223 Å². The third-order valence-electron chi connectivity index (χ3n) is 5.90. The van der Waals surface area contributed by atoms with Gasteiger partial charge >= 0.3 is 5.97 Å². The molecular weight excluding hydrogens is 508 g/mol. The van der Waals surface area contributed by atoms with Crippen LogP contribution in [0.5, 0.6) is 23.0 Å². The topological polar surface area (TPSA) is 109 Å². The number of aromatic hydroxyl groups is 1. The second-order valence-corrected chi connectivity index (χ2v) is 9.31. The van der Waals surface area contributed by atoms with Crippen LogP contribution in [-0.4, -0.2) is 42.6 Å². The van der Waals surface area contributed by atoms with E-state index in [9.17, 15) is 14.7 Å². The Morgan fingerprint density at radius 2 is 1.79 bits per heavy atom. The van der Waals surface area contributed by atoms with E-state index in [1.807, 2.05) is 13.8 Å². The number of aromatic nitrogens is 1. The van der Waals surface area contributed by atoms with E-state index in [0.29, 0.717) is 56.6 Å². The van der Waals surface area contributed by atoms with Crippen LogP contribution in [0.3, 0.4) is 0 Å². The third-order valence-corrected chi connectivity index (χ3v) is 6.88. The fourth-order valence-corrected chi connectivity index (χ4v) is 5.33. The van der Waals surface area contributed by atoms with Gasteiger partial charge in [0.1, 0.15) is 0 Å². The second-order valence-electron chi connectivity index (χ2n) is 8.31. The maximum atomic E-state index is 13.8. The number of fused-ring (bicyclic) bond motifs is 1. The number of phenols is 1. The molecule has 9 nitrogen and oxygen atoms in total. The standard InChI is InChI=1S/C28H30N2O7S/c1-6-35-21-13-17(9-11-19(21)31)14-23-26(32)30-25(18-10-12-20(34-5)22(15-18)36-7-2)24(27(33)37-8-3)16(4)29-28(30)38-23/h9-15,25,31H,6-8H2,1-5H3/t25-/m0/s1. The lowest BCUT2D eigenvalue weighted by Gasteiger charge is -2.25. The maximum absolute atomic E-state index is 13.8. The molecule has 200 valence electrons. The molecule has 0 saturated heterocycles. The molecule has 2 aromatic carbocycles. The predicted molar refractivity (Wildman–Crippen MR) is 144 cm³/mol. The predicted octanol–water partition coefficient (Wildman–Crippen LogP) is 3.31. The second kappa shape index (κ2) is 11.6. The van der Waals surface area contributed by atoms with Gasteiger partial charge in [-0.2, -0.15) is 0 Å². The number of ether oxygens (including phenoxy) is 4. The normalized spacial score (nSPS) is 15.1. The minimum absolute atomic E-state index is 0.0183. The van der Waals surface area contributed by atoms with Gasteiger partial charge in [-0.3, -0.25) is 9.36 Å². The monoisotopic (exact) mass is 538 g/mol. The smallest absolute Gasteiger partial charge is 0.338 e. The van der Waals surface area contributed by atoms with Gasteiger partial charge in [-0.05, 0) is 69.2 Å². The summed E-state index contributed by atoms with van der Waals surface area (Å²) >= 11 is 1.21. The molecule has 3 aromatic rings. The summed E-state index contributed by atoms with van der Waals surface area (Å²) in [6.07, 6.45) is 1.71. The molecule has 2 heterocycles. The molecular formula is C28H30N2O7S. The van der Waals surface area contributed by atoms with Gasteiger partial charge in [0.05, 0.1) is 48.8 Å². The summed E-state index contributed by atoms with van der Waals surface area (Å²) in [4.78, 5) is 32.0. The lowest BCUT2D eigenvalue weighted by Crippen LogP contribution is -2.40. The number of esters is 1. The largest absolute Gasteiger partial charge is 0.504 e. The first-order chi connectivity index (χ1) is 18.3. The molecule has 38 heavy (non-hydrogen) atoms. The average molecular weight is 539 g/mol. The minimum atomic E-state index is -0.781. The van der Waals surface area contributed by atoms with Crippen molar-refractivity contribution in [2.45, 2.75) is 33.7 Å². The quantitative estimate of drug-likeness (QED) is 0.417. The van der Waals surface area contributed by atoms with E-state index in [2.05, 4.69) is 4.99 Å². The van der Waals surface area contributed by atoms with Gasteiger partial charge < -0.3 is 24.1 Å². The number of allylic oxidation sites excluding steroid dienone is 1. The summed E-state index contributed by atoms with van der Waals surface area (Å²) < 4.78 is 24.0. The van der Waals surface area contributed by atoms with Gasteiger partial charge in [0.25, 0.3) is 5.56 Å². The number of hydrogen-bond donors (Lipinski definition) is 1. The van der Waals surface area contributed by atoms with Crippen molar-refractivity contribution < 1.29 is 28.8 Å². The first-order valence-electron chi connectivity index (χ1n) is 12.3. The molecule has 0 amide bonds. The summed E-state index contributed by atoms with van der Waals surface area (Å²) in [7, 11) is 1.55. The molecule has 0 spiro atoms. The zero-order valence-corrected chi connectivity index (χ0v) is 22.8. The van der Waals surface area contributed by atoms with Gasteiger partial charge in [-0.1, -0.05) is 23.5 Å². The third kappa shape index (κ3) is 5.17. The highest BCUT2D eigenvalue weighted by atomic mass is 32.1. The number of methoxy groups -OCH3 is 1. The summed E-state index contributed by atoms with van der Waals surface area (Å²) in [6, 6.07) is 9.43. The molecule has 0 radical (unpaired) electrons. The van der Waals surface area contributed by atoms with Gasteiger partial charge in [-0.15, -0.1) is 0 Å². The van der Waals surface area contributed by atoms with Crippen LogP contribution in [0.2, 0.25) is 0 Å². The van der Waals surface area contributed by atoms with Crippen molar-refractivity contribution in [3.8, 4) is 23.0 Å². The molecule has 10 heteroatoms. The van der Waals surface area contributed by atoms with Crippen molar-refractivity contribution in [1.29, 1.82) is 0 Å². The number of rotatable bonds is 9. The van der Waals surface area contributed by atoms with Crippen LogP contribution < -0.4 is 29.1 Å². The van der Waals surface area contributed by atoms with Crippen molar-refractivity contribution in [2.24, 2.45) is 4.99 Å². The van der Waals surface area contributed by atoms with Crippen molar-refractivity contribution >= 4 is 23.4 Å². The van der Waals surface area contributed by atoms with Gasteiger partial charge in [0.15, 0.2) is 27.8 Å². The molecule has 1 aromatic heterocycles. The van der Waals surface area contributed by atoms with Crippen LogP contribution >= 0.6 is 11.3 Å². The Morgan fingerprint density at radius 1 is 1.05 bits per heavy atom. The average Bonchev–Trinajstić information content (AvgIpc) is 3.19. The molecule has 1 atom stereocenters. The minimum Gasteiger partial charge on any atom is -0.504 e. The molecule has 0 unspecified atom stereocenters. The van der Waals surface area contributed by atoms with Crippen LogP contribution in [-0.2, 0) is 9.53 Å². The SMILES string of the molecule is CCOC(=O)C1=C(C)N=c2sc(=Cc3ccc(O)c(OCC)c3)c(=O)n2[C@H]1c1ccc(OC)c(OCC)c1. The highest BCUT2D eigenvalue weighted by Crippen LogP contribution is 2.36. The van der Waals surface area contributed by atoms with Crippen LogP contribution in [0.25, 0.3) is 6.08 Å². The molecule has 0 aliphatic carbocycles. The maximum Gasteiger partial charge on any atom is 0.338 e. The molecule has 1 aliphatic rings. The number of phenolic OH excluding ortho intramolecular Hbond substituents is 1. The van der Waals surface area contributed by atoms with Crippen molar-refractivity contribution in [2.75, 3.05) is 26.9 Å². The lowest BCUT2D eigenvalue weighted by molar-refractivity contribution is -0.139. The van der Waals surface area contributed by atoms with E-state index in [1.54, 1.807) is 57.4 Å². The van der Waals surface area contributed by atoms with Gasteiger partial charge in [-0.25, -0.2) is 9.79 Å². The molecule has 0 saturated carbocycles.